The monoisotopic (exact) mass is 300 g/mol. The number of carbonyl (C=O) groups is 1. The lowest BCUT2D eigenvalue weighted by molar-refractivity contribution is -0.141. The van der Waals surface area contributed by atoms with E-state index >= 15 is 0 Å². The molecule has 1 saturated heterocycles. The largest absolute Gasteiger partial charge is 0.468 e. The van der Waals surface area contributed by atoms with Crippen LogP contribution < -0.4 is 16.2 Å². The van der Waals surface area contributed by atoms with Crippen molar-refractivity contribution >= 4 is 23.3 Å². The Morgan fingerprint density at radius 1 is 1.60 bits per heavy atom. The minimum Gasteiger partial charge on any atom is -0.468 e. The van der Waals surface area contributed by atoms with E-state index in [9.17, 15) is 9.59 Å². The fourth-order valence-electron chi connectivity index (χ4n) is 2.16. The number of ether oxygens (including phenoxy) is 1. The van der Waals surface area contributed by atoms with E-state index in [2.05, 4.69) is 9.84 Å². The van der Waals surface area contributed by atoms with E-state index in [1.165, 1.54) is 13.3 Å². The highest BCUT2D eigenvalue weighted by Gasteiger charge is 2.29. The second kappa shape index (κ2) is 5.80. The lowest BCUT2D eigenvalue weighted by Crippen LogP contribution is -2.32. The number of nitrogens with zero attached hydrogens (tertiary/aromatic N) is 3. The van der Waals surface area contributed by atoms with Gasteiger partial charge in [0.1, 0.15) is 11.6 Å². The molecule has 0 bridgehead atoms. The first-order valence-corrected chi connectivity index (χ1v) is 6.64. The predicted octanol–water partition coefficient (Wildman–Crippen LogP) is -0.147. The molecule has 1 fully saturated rings. The van der Waals surface area contributed by atoms with E-state index in [4.69, 9.17) is 17.3 Å². The van der Waals surface area contributed by atoms with Crippen molar-refractivity contribution in [2.45, 2.75) is 19.5 Å². The molecule has 2 N–H and O–H groups in total. The molecule has 1 aromatic heterocycles. The number of anilines is 1. The number of esters is 1. The van der Waals surface area contributed by atoms with Gasteiger partial charge in [-0.1, -0.05) is 18.5 Å². The summed E-state index contributed by atoms with van der Waals surface area (Å²) in [4.78, 5) is 25.2. The average molecular weight is 301 g/mol. The first-order chi connectivity index (χ1) is 9.43. The summed E-state index contributed by atoms with van der Waals surface area (Å²) in [7, 11) is 1.25. The highest BCUT2D eigenvalue weighted by atomic mass is 35.5. The molecule has 2 unspecified atom stereocenters. The van der Waals surface area contributed by atoms with Crippen LogP contribution in [-0.4, -0.2) is 42.0 Å². The number of halogens is 1. The molecule has 1 aliphatic heterocycles. The summed E-state index contributed by atoms with van der Waals surface area (Å²) in [5, 5.41) is 4.00. The Morgan fingerprint density at radius 3 is 2.85 bits per heavy atom. The van der Waals surface area contributed by atoms with E-state index < -0.39 is 11.5 Å². The van der Waals surface area contributed by atoms with Crippen molar-refractivity contribution in [2.24, 2.45) is 11.7 Å². The molecule has 2 rings (SSSR count). The molecule has 1 aromatic rings. The zero-order chi connectivity index (χ0) is 14.9. The Morgan fingerprint density at radius 2 is 2.30 bits per heavy atom. The molecular weight excluding hydrogens is 284 g/mol. The zero-order valence-electron chi connectivity index (χ0n) is 11.4. The topological polar surface area (TPSA) is 90.5 Å². The minimum absolute atomic E-state index is 0.0450. The molecule has 0 aromatic carbocycles. The summed E-state index contributed by atoms with van der Waals surface area (Å²) in [6, 6.07) is 0.0450. The van der Waals surface area contributed by atoms with Crippen LogP contribution in [0.3, 0.4) is 0 Å². The van der Waals surface area contributed by atoms with Gasteiger partial charge in [0.2, 0.25) is 0 Å². The van der Waals surface area contributed by atoms with E-state index in [1.807, 2.05) is 11.8 Å². The number of methoxy groups -OCH3 is 1. The van der Waals surface area contributed by atoms with Gasteiger partial charge in [0, 0.05) is 19.1 Å². The fraction of sp³-hybridized carbons (Fsp3) is 0.583. The second-order valence-electron chi connectivity index (χ2n) is 4.93. The highest BCUT2D eigenvalue weighted by Crippen LogP contribution is 2.26. The third-order valence-corrected chi connectivity index (χ3v) is 3.84. The summed E-state index contributed by atoms with van der Waals surface area (Å²) < 4.78 is 5.48. The highest BCUT2D eigenvalue weighted by molar-refractivity contribution is 6.33. The van der Waals surface area contributed by atoms with Crippen LogP contribution in [0.1, 0.15) is 6.92 Å². The van der Waals surface area contributed by atoms with Gasteiger partial charge in [-0.05, 0) is 5.92 Å². The van der Waals surface area contributed by atoms with Crippen molar-refractivity contribution in [3.63, 3.8) is 0 Å². The molecule has 0 amide bonds. The first kappa shape index (κ1) is 14.8. The van der Waals surface area contributed by atoms with E-state index in [0.29, 0.717) is 18.2 Å². The second-order valence-corrected chi connectivity index (χ2v) is 5.31. The van der Waals surface area contributed by atoms with Crippen LogP contribution >= 0.6 is 11.6 Å². The Kier molecular flexibility index (Phi) is 4.29. The number of hydrogen-bond donors (Lipinski definition) is 1. The average Bonchev–Trinajstić information content (AvgIpc) is 2.75. The normalized spacial score (nSPS) is 22.1. The summed E-state index contributed by atoms with van der Waals surface area (Å²) in [5.41, 5.74) is 6.00. The van der Waals surface area contributed by atoms with Gasteiger partial charge in [0.05, 0.1) is 19.0 Å². The van der Waals surface area contributed by atoms with Crippen molar-refractivity contribution in [1.29, 1.82) is 0 Å². The summed E-state index contributed by atoms with van der Waals surface area (Å²) in [6.45, 7) is 3.14. The number of aromatic nitrogens is 2. The van der Waals surface area contributed by atoms with Crippen molar-refractivity contribution in [1.82, 2.24) is 9.78 Å². The van der Waals surface area contributed by atoms with Gasteiger partial charge >= 0.3 is 5.97 Å². The molecule has 2 atom stereocenters. The Labute approximate surface area is 121 Å². The standard InChI is InChI=1S/C12H17ClN4O3/c1-7-4-16(5-8(7)14)9-3-15-17(6-10(18)20-2)12(19)11(9)13/h3,7-8H,4-6,14H2,1-2H3. The Hall–Kier alpha value is -1.60. The molecular formula is C12H17ClN4O3. The summed E-state index contributed by atoms with van der Waals surface area (Å²) >= 11 is 6.09. The van der Waals surface area contributed by atoms with Crippen molar-refractivity contribution in [3.8, 4) is 0 Å². The maximum Gasteiger partial charge on any atom is 0.327 e. The van der Waals surface area contributed by atoms with Gasteiger partial charge in [-0.3, -0.25) is 9.59 Å². The zero-order valence-corrected chi connectivity index (χ0v) is 12.1. The maximum absolute atomic E-state index is 12.1. The van der Waals surface area contributed by atoms with Gasteiger partial charge in [0.15, 0.2) is 0 Å². The van der Waals surface area contributed by atoms with Gasteiger partial charge < -0.3 is 15.4 Å². The van der Waals surface area contributed by atoms with Crippen molar-refractivity contribution in [3.05, 3.63) is 21.6 Å². The first-order valence-electron chi connectivity index (χ1n) is 6.27. The van der Waals surface area contributed by atoms with Crippen LogP contribution in [0.2, 0.25) is 5.02 Å². The van der Waals surface area contributed by atoms with Crippen molar-refractivity contribution < 1.29 is 9.53 Å². The van der Waals surface area contributed by atoms with Crippen LogP contribution in [0.4, 0.5) is 5.69 Å². The van der Waals surface area contributed by atoms with E-state index in [1.54, 1.807) is 0 Å². The Bertz CT molecular complexity index is 564. The molecule has 20 heavy (non-hydrogen) atoms. The fourth-order valence-corrected chi connectivity index (χ4v) is 2.43. The van der Waals surface area contributed by atoms with E-state index in [0.717, 1.165) is 11.2 Å². The lowest BCUT2D eigenvalue weighted by Gasteiger charge is -2.19. The third kappa shape index (κ3) is 2.78. The molecule has 0 spiro atoms. The van der Waals surface area contributed by atoms with Gasteiger partial charge in [-0.2, -0.15) is 5.10 Å². The molecule has 0 saturated carbocycles. The van der Waals surface area contributed by atoms with Gasteiger partial charge in [-0.15, -0.1) is 0 Å². The van der Waals surface area contributed by atoms with Crippen LogP contribution in [0.25, 0.3) is 0 Å². The number of carbonyl (C=O) groups excluding carboxylic acids is 1. The minimum atomic E-state index is -0.555. The quantitative estimate of drug-likeness (QED) is 0.781. The molecule has 1 aliphatic rings. The maximum atomic E-state index is 12.1. The third-order valence-electron chi connectivity index (χ3n) is 3.48. The summed E-state index contributed by atoms with van der Waals surface area (Å²) in [5.74, 6) is -0.233. The smallest absolute Gasteiger partial charge is 0.327 e. The molecule has 2 heterocycles. The van der Waals surface area contributed by atoms with Crippen LogP contribution in [0, 0.1) is 5.92 Å². The predicted molar refractivity (Wildman–Crippen MR) is 74.9 cm³/mol. The van der Waals surface area contributed by atoms with Crippen molar-refractivity contribution in [2.75, 3.05) is 25.1 Å². The number of hydrogen-bond acceptors (Lipinski definition) is 6. The summed E-state index contributed by atoms with van der Waals surface area (Å²) in [6.07, 6.45) is 1.48. The number of nitrogens with two attached hydrogens (primary N) is 1. The molecule has 110 valence electrons. The molecule has 7 nitrogen and oxygen atoms in total. The van der Waals surface area contributed by atoms with Crippen LogP contribution in [0.5, 0.6) is 0 Å². The number of rotatable bonds is 3. The van der Waals surface area contributed by atoms with Crippen LogP contribution in [0.15, 0.2) is 11.0 Å². The lowest BCUT2D eigenvalue weighted by atomic mass is 10.1. The van der Waals surface area contributed by atoms with Gasteiger partial charge in [0.25, 0.3) is 5.56 Å². The van der Waals surface area contributed by atoms with Crippen LogP contribution in [-0.2, 0) is 16.1 Å². The van der Waals surface area contributed by atoms with Gasteiger partial charge in [-0.25, -0.2) is 4.68 Å². The Balaban J connectivity index is 2.28. The molecule has 0 aliphatic carbocycles. The molecule has 8 heteroatoms. The van der Waals surface area contributed by atoms with E-state index in [-0.39, 0.29) is 17.6 Å². The SMILES string of the molecule is COC(=O)Cn1ncc(N2CC(C)C(N)C2)c(Cl)c1=O. The molecule has 0 radical (unpaired) electrons.